The van der Waals surface area contributed by atoms with Gasteiger partial charge in [0.05, 0.1) is 25.8 Å². The number of hydrogen-bond acceptors (Lipinski definition) is 6. The van der Waals surface area contributed by atoms with E-state index in [0.29, 0.717) is 30.4 Å². The average molecular weight is 407 g/mol. The van der Waals surface area contributed by atoms with Crippen LogP contribution in [0.2, 0.25) is 0 Å². The maximum atomic E-state index is 5.65. The zero-order valence-electron chi connectivity index (χ0n) is 17.3. The van der Waals surface area contributed by atoms with Gasteiger partial charge >= 0.3 is 0 Å². The molecule has 1 aromatic heterocycles. The molecule has 0 aliphatic carbocycles. The highest BCUT2D eigenvalue weighted by Crippen LogP contribution is 2.38. The van der Waals surface area contributed by atoms with Gasteiger partial charge in [-0.15, -0.1) is 11.3 Å². The summed E-state index contributed by atoms with van der Waals surface area (Å²) in [5.41, 5.74) is 1.01. The van der Waals surface area contributed by atoms with Crippen molar-refractivity contribution < 1.29 is 14.2 Å². The lowest BCUT2D eigenvalue weighted by Gasteiger charge is -2.16. The molecule has 7 nitrogen and oxygen atoms in total. The highest BCUT2D eigenvalue weighted by atomic mass is 32.1. The molecule has 0 bridgehead atoms. The first-order valence-corrected chi connectivity index (χ1v) is 10.2. The Morgan fingerprint density at radius 1 is 1.14 bits per heavy atom. The minimum absolute atomic E-state index is 0.541. The van der Waals surface area contributed by atoms with E-state index in [0.717, 1.165) is 35.9 Å². The number of aryl methyl sites for hydroxylation is 1. The van der Waals surface area contributed by atoms with E-state index in [1.807, 2.05) is 25.3 Å². The summed E-state index contributed by atoms with van der Waals surface area (Å²) in [6, 6.07) is 3.88. The zero-order chi connectivity index (χ0) is 20.4. The number of aliphatic imine (C=N–C) groups is 1. The maximum absolute atomic E-state index is 5.65. The highest BCUT2D eigenvalue weighted by Gasteiger charge is 2.14. The van der Waals surface area contributed by atoms with Gasteiger partial charge in [0.2, 0.25) is 5.75 Å². The summed E-state index contributed by atoms with van der Waals surface area (Å²) in [6.45, 7) is 5.97. The molecule has 0 fully saturated rings. The van der Waals surface area contributed by atoms with Gasteiger partial charge in [0.15, 0.2) is 17.5 Å². The van der Waals surface area contributed by atoms with Crippen LogP contribution in [-0.2, 0) is 19.4 Å². The van der Waals surface area contributed by atoms with E-state index in [1.54, 1.807) is 32.6 Å². The van der Waals surface area contributed by atoms with Crippen molar-refractivity contribution in [3.8, 4) is 17.2 Å². The monoisotopic (exact) mass is 406 g/mol. The van der Waals surface area contributed by atoms with Gasteiger partial charge in [0, 0.05) is 37.6 Å². The molecule has 2 N–H and O–H groups in total. The normalized spacial score (nSPS) is 11.2. The van der Waals surface area contributed by atoms with Crippen molar-refractivity contribution in [3.63, 3.8) is 0 Å². The van der Waals surface area contributed by atoms with Crippen molar-refractivity contribution in [2.24, 2.45) is 4.99 Å². The van der Waals surface area contributed by atoms with Crippen LogP contribution < -0.4 is 24.8 Å². The summed E-state index contributed by atoms with van der Waals surface area (Å²) in [6.07, 6.45) is 3.86. The molecule has 0 saturated heterocycles. The van der Waals surface area contributed by atoms with Crippen molar-refractivity contribution in [3.05, 3.63) is 33.8 Å². The molecular formula is C20H30N4O3S. The van der Waals surface area contributed by atoms with Crippen LogP contribution in [-0.4, -0.2) is 45.4 Å². The van der Waals surface area contributed by atoms with E-state index < -0.39 is 0 Å². The van der Waals surface area contributed by atoms with Gasteiger partial charge in [0.25, 0.3) is 0 Å². The molecule has 0 saturated carbocycles. The van der Waals surface area contributed by atoms with Crippen molar-refractivity contribution in [2.45, 2.75) is 33.2 Å². The molecule has 0 spiro atoms. The molecule has 0 amide bonds. The minimum Gasteiger partial charge on any atom is -0.493 e. The van der Waals surface area contributed by atoms with E-state index in [-0.39, 0.29) is 0 Å². The lowest BCUT2D eigenvalue weighted by atomic mass is 10.2. The summed E-state index contributed by atoms with van der Waals surface area (Å²) < 4.78 is 16.6. The first kappa shape index (κ1) is 21.8. The highest BCUT2D eigenvalue weighted by molar-refractivity contribution is 7.11. The van der Waals surface area contributed by atoms with Crippen molar-refractivity contribution in [2.75, 3.05) is 34.4 Å². The fourth-order valence-electron chi connectivity index (χ4n) is 2.64. The molecule has 1 aromatic carbocycles. The summed E-state index contributed by atoms with van der Waals surface area (Å²) in [5.74, 6) is 2.65. The standard InChI is InChI=1S/C20H30N4O3S/c1-6-15-13-23-18(28-15)8-9-22-20(21-3)24-12-14-10-16(25-4)19(27-7-2)17(11-14)26-5/h10-11,13H,6-9,12H2,1-5H3,(H2,21,22,24). The van der Waals surface area contributed by atoms with E-state index in [1.165, 1.54) is 4.88 Å². The third-order valence-corrected chi connectivity index (χ3v) is 5.28. The molecule has 28 heavy (non-hydrogen) atoms. The predicted molar refractivity (Wildman–Crippen MR) is 114 cm³/mol. The Hall–Kier alpha value is -2.48. The fraction of sp³-hybridized carbons (Fsp3) is 0.500. The smallest absolute Gasteiger partial charge is 0.203 e. The Morgan fingerprint density at radius 3 is 2.39 bits per heavy atom. The van der Waals surface area contributed by atoms with Crippen LogP contribution in [0.3, 0.4) is 0 Å². The summed E-state index contributed by atoms with van der Waals surface area (Å²) >= 11 is 1.76. The van der Waals surface area contributed by atoms with Gasteiger partial charge in [-0.3, -0.25) is 4.99 Å². The van der Waals surface area contributed by atoms with Crippen LogP contribution in [0, 0.1) is 0 Å². The number of rotatable bonds is 10. The van der Waals surface area contributed by atoms with Crippen LogP contribution in [0.25, 0.3) is 0 Å². The Labute approximate surface area is 171 Å². The molecule has 0 unspecified atom stereocenters. The molecule has 1 heterocycles. The fourth-order valence-corrected chi connectivity index (χ4v) is 3.51. The second-order valence-corrected chi connectivity index (χ2v) is 7.14. The van der Waals surface area contributed by atoms with Crippen LogP contribution in [0.1, 0.15) is 29.3 Å². The minimum atomic E-state index is 0.541. The molecule has 2 rings (SSSR count). The lowest BCUT2D eigenvalue weighted by Crippen LogP contribution is -2.37. The number of hydrogen-bond donors (Lipinski definition) is 2. The van der Waals surface area contributed by atoms with Crippen molar-refractivity contribution >= 4 is 17.3 Å². The molecule has 0 aliphatic heterocycles. The third-order valence-electron chi connectivity index (χ3n) is 4.07. The first-order chi connectivity index (χ1) is 13.6. The van der Waals surface area contributed by atoms with Gasteiger partial charge in [-0.25, -0.2) is 4.98 Å². The molecule has 2 aromatic rings. The van der Waals surface area contributed by atoms with Gasteiger partial charge in [-0.2, -0.15) is 0 Å². The number of guanidine groups is 1. The molecule has 8 heteroatoms. The third kappa shape index (κ3) is 6.02. The average Bonchev–Trinajstić information content (AvgIpc) is 3.19. The molecule has 0 radical (unpaired) electrons. The van der Waals surface area contributed by atoms with Crippen LogP contribution >= 0.6 is 11.3 Å². The Kier molecular flexibility index (Phi) is 8.87. The Bertz CT molecular complexity index is 752. The van der Waals surface area contributed by atoms with E-state index in [9.17, 15) is 0 Å². The predicted octanol–water partition coefficient (Wildman–Crippen LogP) is 3.03. The summed E-state index contributed by atoms with van der Waals surface area (Å²) in [7, 11) is 5.00. The maximum Gasteiger partial charge on any atom is 0.203 e. The topological polar surface area (TPSA) is 77.0 Å². The molecule has 154 valence electrons. The van der Waals surface area contributed by atoms with Crippen LogP contribution in [0.4, 0.5) is 0 Å². The number of benzene rings is 1. The Balaban J connectivity index is 1.93. The number of thiazole rings is 1. The van der Waals surface area contributed by atoms with Crippen molar-refractivity contribution in [1.82, 2.24) is 15.6 Å². The quantitative estimate of drug-likeness (QED) is 0.467. The molecule has 0 atom stereocenters. The van der Waals surface area contributed by atoms with Crippen LogP contribution in [0.5, 0.6) is 17.2 Å². The van der Waals surface area contributed by atoms with E-state index in [2.05, 4.69) is 27.5 Å². The number of nitrogens with one attached hydrogen (secondary N) is 2. The second kappa shape index (κ2) is 11.4. The van der Waals surface area contributed by atoms with Gasteiger partial charge in [-0.05, 0) is 31.0 Å². The number of methoxy groups -OCH3 is 2. The first-order valence-electron chi connectivity index (χ1n) is 9.40. The number of nitrogens with zero attached hydrogens (tertiary/aromatic N) is 2. The summed E-state index contributed by atoms with van der Waals surface area (Å²) in [4.78, 5) is 10.0. The van der Waals surface area contributed by atoms with Crippen molar-refractivity contribution in [1.29, 1.82) is 0 Å². The SMILES string of the molecule is CCOc1c(OC)cc(CNC(=NC)NCCc2ncc(CC)s2)cc1OC. The summed E-state index contributed by atoms with van der Waals surface area (Å²) in [5, 5.41) is 7.77. The van der Waals surface area contributed by atoms with Crippen LogP contribution in [0.15, 0.2) is 23.3 Å². The molecular weight excluding hydrogens is 376 g/mol. The van der Waals surface area contributed by atoms with Gasteiger partial charge in [-0.1, -0.05) is 6.92 Å². The number of aromatic nitrogens is 1. The second-order valence-electron chi connectivity index (χ2n) is 5.94. The number of ether oxygens (including phenoxy) is 3. The van der Waals surface area contributed by atoms with E-state index in [4.69, 9.17) is 14.2 Å². The lowest BCUT2D eigenvalue weighted by molar-refractivity contribution is 0.288. The van der Waals surface area contributed by atoms with E-state index >= 15 is 0 Å². The Morgan fingerprint density at radius 2 is 1.86 bits per heavy atom. The van der Waals surface area contributed by atoms with Gasteiger partial charge < -0.3 is 24.8 Å². The molecule has 0 aliphatic rings. The van der Waals surface area contributed by atoms with Gasteiger partial charge in [0.1, 0.15) is 0 Å². The zero-order valence-corrected chi connectivity index (χ0v) is 18.1. The largest absolute Gasteiger partial charge is 0.493 e.